The molecule has 2 aromatic heterocycles. The Morgan fingerprint density at radius 2 is 1.50 bits per heavy atom. The highest BCUT2D eigenvalue weighted by Crippen LogP contribution is 2.53. The number of alkyl halides is 3. The number of rotatable bonds is 5. The molecule has 2 N–H and O–H groups in total. The predicted octanol–water partition coefficient (Wildman–Crippen LogP) is 7.00. The second-order valence-corrected chi connectivity index (χ2v) is 7.51. The first-order chi connectivity index (χ1) is 13.4. The van der Waals surface area contributed by atoms with Gasteiger partial charge in [0.15, 0.2) is 0 Å². The number of aryl methyl sites for hydroxylation is 1. The molecule has 1 unspecified atom stereocenters. The summed E-state index contributed by atoms with van der Waals surface area (Å²) in [5.41, 5.74) is 0.917. The molecule has 0 saturated heterocycles. The Hall–Kier alpha value is -2.69. The first-order valence-corrected chi connectivity index (χ1v) is 9.60. The molecule has 0 aliphatic rings. The van der Waals surface area contributed by atoms with E-state index in [-0.39, 0.29) is 6.42 Å². The van der Waals surface area contributed by atoms with Crippen molar-refractivity contribution in [2.24, 2.45) is 0 Å². The highest BCUT2D eigenvalue weighted by molar-refractivity contribution is 5.90. The van der Waals surface area contributed by atoms with E-state index >= 15 is 0 Å². The summed E-state index contributed by atoms with van der Waals surface area (Å²) in [6.07, 6.45) is -0.154. The van der Waals surface area contributed by atoms with Gasteiger partial charge >= 0.3 is 6.18 Å². The molecule has 2 nitrogen and oxygen atoms in total. The lowest BCUT2D eigenvalue weighted by Crippen LogP contribution is -2.43. The van der Waals surface area contributed by atoms with Gasteiger partial charge in [-0.3, -0.25) is 0 Å². The maximum Gasteiger partial charge on any atom is 0.402 e. The summed E-state index contributed by atoms with van der Waals surface area (Å²) in [4.78, 5) is 6.12. The minimum atomic E-state index is -4.44. The van der Waals surface area contributed by atoms with Gasteiger partial charge < -0.3 is 9.97 Å². The molecule has 2 aromatic carbocycles. The van der Waals surface area contributed by atoms with E-state index in [0.29, 0.717) is 34.7 Å². The van der Waals surface area contributed by atoms with Crippen molar-refractivity contribution in [3.05, 3.63) is 71.5 Å². The number of fused-ring (bicyclic) bond motifs is 2. The summed E-state index contributed by atoms with van der Waals surface area (Å²) in [7, 11) is 0. The zero-order valence-electron chi connectivity index (χ0n) is 16.0. The Bertz CT molecular complexity index is 1120. The Balaban J connectivity index is 2.10. The van der Waals surface area contributed by atoms with Crippen molar-refractivity contribution in [1.82, 2.24) is 9.97 Å². The SMILES string of the molecule is CCCCC(c1c[nH]c2ccccc12)(c1c[nH]c2ccc(C)cc12)C(F)(F)F. The quantitative estimate of drug-likeness (QED) is 0.371. The molecule has 1 atom stereocenters. The van der Waals surface area contributed by atoms with Crippen molar-refractivity contribution in [3.8, 4) is 0 Å². The van der Waals surface area contributed by atoms with Crippen LogP contribution in [0.4, 0.5) is 13.2 Å². The molecule has 0 fully saturated rings. The van der Waals surface area contributed by atoms with Gasteiger partial charge in [0, 0.05) is 34.2 Å². The van der Waals surface area contributed by atoms with Crippen LogP contribution in [0.1, 0.15) is 42.9 Å². The zero-order valence-corrected chi connectivity index (χ0v) is 16.0. The fourth-order valence-electron chi connectivity index (χ4n) is 4.32. The number of aromatic amines is 2. The van der Waals surface area contributed by atoms with Crippen molar-refractivity contribution < 1.29 is 13.2 Å². The molecule has 28 heavy (non-hydrogen) atoms. The first kappa shape index (κ1) is 18.7. The molecule has 5 heteroatoms. The summed E-state index contributed by atoms with van der Waals surface area (Å²) in [5, 5.41) is 1.26. The molecule has 0 aliphatic carbocycles. The van der Waals surface area contributed by atoms with Crippen LogP contribution in [0, 0.1) is 6.92 Å². The number of nitrogens with one attached hydrogen (secondary N) is 2. The molecule has 0 spiro atoms. The molecule has 4 rings (SSSR count). The smallest absolute Gasteiger partial charge is 0.361 e. The molecule has 4 aromatic rings. The molecule has 0 radical (unpaired) electrons. The van der Waals surface area contributed by atoms with Gasteiger partial charge in [0.05, 0.1) is 0 Å². The zero-order chi connectivity index (χ0) is 19.9. The van der Waals surface area contributed by atoms with Gasteiger partial charge in [-0.1, -0.05) is 49.6 Å². The molecular formula is C23H23F3N2. The van der Waals surface area contributed by atoms with Gasteiger partial charge in [-0.15, -0.1) is 0 Å². The molecule has 2 heterocycles. The third kappa shape index (κ3) is 2.72. The van der Waals surface area contributed by atoms with Gasteiger partial charge in [0.2, 0.25) is 0 Å². The van der Waals surface area contributed by atoms with Crippen LogP contribution < -0.4 is 0 Å². The van der Waals surface area contributed by atoms with Crippen LogP contribution in [-0.2, 0) is 5.41 Å². The highest BCUT2D eigenvalue weighted by atomic mass is 19.4. The number of benzene rings is 2. The first-order valence-electron chi connectivity index (χ1n) is 9.60. The molecule has 0 aliphatic heterocycles. The number of aromatic nitrogens is 2. The van der Waals surface area contributed by atoms with Gasteiger partial charge in [0.25, 0.3) is 0 Å². The Morgan fingerprint density at radius 3 is 2.18 bits per heavy atom. The topological polar surface area (TPSA) is 31.6 Å². The number of halogens is 3. The molecule has 0 saturated carbocycles. The Kier molecular flexibility index (Phi) is 4.48. The van der Waals surface area contributed by atoms with E-state index in [0.717, 1.165) is 16.6 Å². The van der Waals surface area contributed by atoms with E-state index in [1.54, 1.807) is 24.5 Å². The molecule has 146 valence electrons. The average Bonchev–Trinajstić information content (AvgIpc) is 3.26. The van der Waals surface area contributed by atoms with Crippen LogP contribution in [0.3, 0.4) is 0 Å². The number of hydrogen-bond acceptors (Lipinski definition) is 0. The van der Waals surface area contributed by atoms with E-state index in [1.165, 1.54) is 0 Å². The largest absolute Gasteiger partial charge is 0.402 e. The number of H-pyrrole nitrogens is 2. The lowest BCUT2D eigenvalue weighted by molar-refractivity contribution is -0.179. The average molecular weight is 384 g/mol. The normalized spacial score (nSPS) is 14.6. The van der Waals surface area contributed by atoms with Crippen LogP contribution >= 0.6 is 0 Å². The molecule has 0 bridgehead atoms. The van der Waals surface area contributed by atoms with Crippen molar-refractivity contribution in [2.75, 3.05) is 0 Å². The van der Waals surface area contributed by atoms with Gasteiger partial charge in [-0.25, -0.2) is 0 Å². The van der Waals surface area contributed by atoms with Crippen molar-refractivity contribution in [3.63, 3.8) is 0 Å². The summed E-state index contributed by atoms with van der Waals surface area (Å²) in [6, 6.07) is 12.8. The van der Waals surface area contributed by atoms with Gasteiger partial charge in [-0.2, -0.15) is 13.2 Å². The predicted molar refractivity (Wildman–Crippen MR) is 108 cm³/mol. The van der Waals surface area contributed by atoms with Crippen LogP contribution in [0.15, 0.2) is 54.9 Å². The van der Waals surface area contributed by atoms with Crippen LogP contribution in [0.2, 0.25) is 0 Å². The molecular weight excluding hydrogens is 361 g/mol. The Morgan fingerprint density at radius 1 is 0.857 bits per heavy atom. The summed E-state index contributed by atoms with van der Waals surface area (Å²) >= 11 is 0. The summed E-state index contributed by atoms with van der Waals surface area (Å²) < 4.78 is 44.9. The monoisotopic (exact) mass is 384 g/mol. The third-order valence-electron chi connectivity index (χ3n) is 5.74. The number of unbranched alkanes of at least 4 members (excludes halogenated alkanes) is 1. The fourth-order valence-corrected chi connectivity index (χ4v) is 4.32. The van der Waals surface area contributed by atoms with E-state index in [9.17, 15) is 13.2 Å². The third-order valence-corrected chi connectivity index (χ3v) is 5.74. The van der Waals surface area contributed by atoms with Crippen LogP contribution in [-0.4, -0.2) is 16.1 Å². The fraction of sp³-hybridized carbons (Fsp3) is 0.304. The van der Waals surface area contributed by atoms with E-state index in [4.69, 9.17) is 0 Å². The second kappa shape index (κ2) is 6.73. The lowest BCUT2D eigenvalue weighted by Gasteiger charge is -2.36. The minimum Gasteiger partial charge on any atom is -0.361 e. The van der Waals surface area contributed by atoms with Crippen molar-refractivity contribution in [1.29, 1.82) is 0 Å². The highest BCUT2D eigenvalue weighted by Gasteiger charge is 2.58. The number of hydrogen-bond donors (Lipinski definition) is 2. The standard InChI is InChI=1S/C23H23F3N2/c1-3-4-11-22(23(24,25)26,18-13-27-20-8-6-5-7-16(18)20)19-14-28-21-10-9-15(2)12-17(19)21/h5-10,12-14,27-28H,3-4,11H2,1-2H3. The summed E-state index contributed by atoms with van der Waals surface area (Å²) in [6.45, 7) is 3.83. The minimum absolute atomic E-state index is 0.00967. The van der Waals surface area contributed by atoms with E-state index in [1.807, 2.05) is 44.2 Å². The summed E-state index contributed by atoms with van der Waals surface area (Å²) in [5.74, 6) is 0. The van der Waals surface area contributed by atoms with E-state index < -0.39 is 11.6 Å². The molecule has 0 amide bonds. The second-order valence-electron chi connectivity index (χ2n) is 7.51. The van der Waals surface area contributed by atoms with Crippen LogP contribution in [0.25, 0.3) is 21.8 Å². The van der Waals surface area contributed by atoms with Crippen molar-refractivity contribution in [2.45, 2.75) is 44.7 Å². The van der Waals surface area contributed by atoms with Gasteiger partial charge in [0.1, 0.15) is 5.41 Å². The van der Waals surface area contributed by atoms with E-state index in [2.05, 4.69) is 9.97 Å². The van der Waals surface area contributed by atoms with Crippen molar-refractivity contribution >= 4 is 21.8 Å². The van der Waals surface area contributed by atoms with Crippen LogP contribution in [0.5, 0.6) is 0 Å². The maximum absolute atomic E-state index is 15.0. The number of para-hydroxylation sites is 1. The van der Waals surface area contributed by atoms with Gasteiger partial charge in [-0.05, 0) is 42.7 Å². The Labute approximate surface area is 161 Å². The maximum atomic E-state index is 15.0. The lowest BCUT2D eigenvalue weighted by atomic mass is 9.70.